The first-order chi connectivity index (χ1) is 11.0. The molecule has 5 nitrogen and oxygen atoms in total. The number of likely N-dealkylation sites (N-methyl/N-ethyl adjacent to an activating group) is 1. The summed E-state index contributed by atoms with van der Waals surface area (Å²) in [6.45, 7) is 2.01. The van der Waals surface area contributed by atoms with Crippen LogP contribution in [0.3, 0.4) is 0 Å². The fourth-order valence-electron chi connectivity index (χ4n) is 2.16. The lowest BCUT2D eigenvalue weighted by molar-refractivity contribution is -0.127. The molecule has 2 atom stereocenters. The zero-order valence-electron chi connectivity index (χ0n) is 13.5. The van der Waals surface area contributed by atoms with E-state index >= 15 is 0 Å². The summed E-state index contributed by atoms with van der Waals surface area (Å²) in [5, 5.41) is 2.83. The van der Waals surface area contributed by atoms with Crippen molar-refractivity contribution in [2.24, 2.45) is 0 Å². The van der Waals surface area contributed by atoms with Crippen LogP contribution in [0.25, 0.3) is 0 Å². The largest absolute Gasteiger partial charge is 0.481 e. The molecule has 23 heavy (non-hydrogen) atoms. The van der Waals surface area contributed by atoms with Gasteiger partial charge in [0.1, 0.15) is 17.3 Å². The number of carbonyl (C=O) groups excluding carboxylic acids is 1. The molecule has 1 amide bonds. The molecule has 0 aliphatic rings. The molecule has 0 radical (unpaired) electrons. The quantitative estimate of drug-likeness (QED) is 0.852. The van der Waals surface area contributed by atoms with Crippen LogP contribution in [0.1, 0.15) is 18.7 Å². The van der Waals surface area contributed by atoms with Crippen LogP contribution >= 0.6 is 0 Å². The first-order valence-corrected chi connectivity index (χ1v) is 7.37. The second-order valence-electron chi connectivity index (χ2n) is 5.46. The van der Waals surface area contributed by atoms with Crippen LogP contribution < -0.4 is 10.1 Å². The normalized spacial score (nSPS) is 13.6. The van der Waals surface area contributed by atoms with Gasteiger partial charge in [-0.15, -0.1) is 0 Å². The average molecular weight is 320 g/mol. The number of nitrogens with zero attached hydrogens (tertiary/aromatic N) is 1. The van der Waals surface area contributed by atoms with E-state index in [1.54, 1.807) is 19.3 Å². The minimum Gasteiger partial charge on any atom is -0.481 e. The zero-order chi connectivity index (χ0) is 16.8. The van der Waals surface area contributed by atoms with E-state index in [-0.39, 0.29) is 11.9 Å². The van der Waals surface area contributed by atoms with E-state index in [2.05, 4.69) is 5.32 Å². The molecule has 1 aromatic heterocycles. The van der Waals surface area contributed by atoms with Gasteiger partial charge >= 0.3 is 0 Å². The van der Waals surface area contributed by atoms with Gasteiger partial charge < -0.3 is 14.5 Å². The van der Waals surface area contributed by atoms with Crippen LogP contribution in [0.4, 0.5) is 4.39 Å². The second-order valence-corrected chi connectivity index (χ2v) is 5.46. The maximum Gasteiger partial charge on any atom is 0.260 e. The number of carbonyl (C=O) groups is 1. The molecular formula is C17H21FN2O3. The Hall–Kier alpha value is -2.34. The summed E-state index contributed by atoms with van der Waals surface area (Å²) in [5.41, 5.74) is 0. The lowest BCUT2D eigenvalue weighted by atomic mass is 10.2. The summed E-state index contributed by atoms with van der Waals surface area (Å²) >= 11 is 0. The minimum absolute atomic E-state index is 0.0738. The molecule has 0 aliphatic carbocycles. The summed E-state index contributed by atoms with van der Waals surface area (Å²) in [7, 11) is 3.82. The molecule has 1 N–H and O–H groups in total. The summed E-state index contributed by atoms with van der Waals surface area (Å²) < 4.78 is 24.0. The van der Waals surface area contributed by atoms with Crippen molar-refractivity contribution < 1.29 is 18.3 Å². The number of furan rings is 1. The third kappa shape index (κ3) is 4.82. The molecule has 0 saturated heterocycles. The van der Waals surface area contributed by atoms with Crippen LogP contribution in [0, 0.1) is 5.82 Å². The minimum atomic E-state index is -0.726. The van der Waals surface area contributed by atoms with Crippen molar-refractivity contribution in [3.8, 4) is 5.75 Å². The van der Waals surface area contributed by atoms with E-state index in [1.165, 1.54) is 18.2 Å². The molecule has 1 heterocycles. The standard InChI is InChI=1S/C17H21FN2O3/c1-12(23-14-7-4-6-13(18)10-14)17(21)19-11-15(20(2)3)16-8-5-9-22-16/h4-10,12,15H,11H2,1-3H3,(H,19,21)/t12-,15+/m0/s1. The topological polar surface area (TPSA) is 54.7 Å². The summed E-state index contributed by atoms with van der Waals surface area (Å²) in [6, 6.07) is 9.31. The van der Waals surface area contributed by atoms with E-state index in [1.807, 2.05) is 31.1 Å². The highest BCUT2D eigenvalue weighted by Gasteiger charge is 2.20. The van der Waals surface area contributed by atoms with Gasteiger partial charge in [0.2, 0.25) is 0 Å². The SMILES string of the molecule is C[C@H](Oc1cccc(F)c1)C(=O)NC[C@H](c1ccco1)N(C)C. The fourth-order valence-corrected chi connectivity index (χ4v) is 2.16. The first-order valence-electron chi connectivity index (χ1n) is 7.37. The lowest BCUT2D eigenvalue weighted by Crippen LogP contribution is -2.40. The third-order valence-corrected chi connectivity index (χ3v) is 3.44. The van der Waals surface area contributed by atoms with Gasteiger partial charge in [0, 0.05) is 12.6 Å². The van der Waals surface area contributed by atoms with Crippen molar-refractivity contribution >= 4 is 5.91 Å². The lowest BCUT2D eigenvalue weighted by Gasteiger charge is -2.23. The smallest absolute Gasteiger partial charge is 0.260 e. The van der Waals surface area contributed by atoms with Gasteiger partial charge in [0.25, 0.3) is 5.91 Å². The predicted octanol–water partition coefficient (Wildman–Crippen LogP) is 2.61. The highest BCUT2D eigenvalue weighted by Crippen LogP contribution is 2.18. The number of halogens is 1. The Bertz CT molecular complexity index is 629. The van der Waals surface area contributed by atoms with Crippen molar-refractivity contribution in [3.63, 3.8) is 0 Å². The fraction of sp³-hybridized carbons (Fsp3) is 0.353. The van der Waals surface area contributed by atoms with Gasteiger partial charge in [-0.2, -0.15) is 0 Å². The summed E-state index contributed by atoms with van der Waals surface area (Å²) in [4.78, 5) is 14.1. The molecule has 0 bridgehead atoms. The van der Waals surface area contributed by atoms with Gasteiger partial charge in [0.05, 0.1) is 12.3 Å². The molecule has 0 saturated carbocycles. The molecule has 6 heteroatoms. The van der Waals surface area contributed by atoms with Gasteiger partial charge in [-0.05, 0) is 45.3 Å². The van der Waals surface area contributed by atoms with Crippen LogP contribution in [0.5, 0.6) is 5.75 Å². The van der Waals surface area contributed by atoms with Gasteiger partial charge in [-0.3, -0.25) is 9.69 Å². The van der Waals surface area contributed by atoms with Gasteiger partial charge in [-0.1, -0.05) is 6.07 Å². The molecule has 1 aromatic carbocycles. The highest BCUT2D eigenvalue weighted by atomic mass is 19.1. The zero-order valence-corrected chi connectivity index (χ0v) is 13.5. The maximum absolute atomic E-state index is 13.1. The van der Waals surface area contributed by atoms with E-state index in [0.717, 1.165) is 5.76 Å². The Kier molecular flexibility index (Phi) is 5.76. The average Bonchev–Trinajstić information content (AvgIpc) is 3.01. The molecule has 0 fully saturated rings. The number of amides is 1. The molecule has 124 valence electrons. The van der Waals surface area contributed by atoms with E-state index in [9.17, 15) is 9.18 Å². The van der Waals surface area contributed by atoms with Crippen molar-refractivity contribution in [2.45, 2.75) is 19.1 Å². The van der Waals surface area contributed by atoms with E-state index in [0.29, 0.717) is 12.3 Å². The first kappa shape index (κ1) is 17.0. The van der Waals surface area contributed by atoms with Gasteiger partial charge in [0.15, 0.2) is 6.10 Å². The van der Waals surface area contributed by atoms with Gasteiger partial charge in [-0.25, -0.2) is 4.39 Å². The van der Waals surface area contributed by atoms with Crippen molar-refractivity contribution in [3.05, 3.63) is 54.2 Å². The molecule has 2 aromatic rings. The molecule has 2 rings (SSSR count). The second kappa shape index (κ2) is 7.78. The van der Waals surface area contributed by atoms with Crippen LogP contribution in [0.2, 0.25) is 0 Å². The monoisotopic (exact) mass is 320 g/mol. The van der Waals surface area contributed by atoms with Crippen molar-refractivity contribution in [2.75, 3.05) is 20.6 Å². The van der Waals surface area contributed by atoms with Crippen LogP contribution in [0.15, 0.2) is 47.1 Å². The Labute approximate surface area is 135 Å². The third-order valence-electron chi connectivity index (χ3n) is 3.44. The van der Waals surface area contributed by atoms with Crippen LogP contribution in [-0.4, -0.2) is 37.6 Å². The molecule has 0 spiro atoms. The number of benzene rings is 1. The molecular weight excluding hydrogens is 299 g/mol. The Morgan fingerprint density at radius 3 is 2.74 bits per heavy atom. The Morgan fingerprint density at radius 2 is 2.13 bits per heavy atom. The number of rotatable bonds is 7. The molecule has 0 aliphatic heterocycles. The van der Waals surface area contributed by atoms with E-state index < -0.39 is 11.9 Å². The number of hydrogen-bond donors (Lipinski definition) is 1. The Morgan fingerprint density at radius 1 is 1.35 bits per heavy atom. The van der Waals surface area contributed by atoms with E-state index in [4.69, 9.17) is 9.15 Å². The number of nitrogens with one attached hydrogen (secondary N) is 1. The predicted molar refractivity (Wildman–Crippen MR) is 84.6 cm³/mol. The van der Waals surface area contributed by atoms with Crippen LogP contribution in [-0.2, 0) is 4.79 Å². The number of hydrogen-bond acceptors (Lipinski definition) is 4. The number of ether oxygens (including phenoxy) is 1. The van der Waals surface area contributed by atoms with Crippen molar-refractivity contribution in [1.82, 2.24) is 10.2 Å². The maximum atomic E-state index is 13.1. The highest BCUT2D eigenvalue weighted by molar-refractivity contribution is 5.80. The molecule has 0 unspecified atom stereocenters. The summed E-state index contributed by atoms with van der Waals surface area (Å²) in [5.74, 6) is 0.421. The summed E-state index contributed by atoms with van der Waals surface area (Å²) in [6.07, 6.45) is 0.875. The Balaban J connectivity index is 1.90. The van der Waals surface area contributed by atoms with Crippen molar-refractivity contribution in [1.29, 1.82) is 0 Å².